The topological polar surface area (TPSA) is 51.6 Å². The van der Waals surface area contributed by atoms with Crippen LogP contribution in [0.1, 0.15) is 5.82 Å². The maximum absolute atomic E-state index is 5.76. The Balaban J connectivity index is 2.41. The highest BCUT2D eigenvalue weighted by molar-refractivity contribution is 7.14. The molecule has 0 aliphatic carbocycles. The van der Waals surface area contributed by atoms with Crippen molar-refractivity contribution in [3.63, 3.8) is 0 Å². The van der Waals surface area contributed by atoms with Crippen LogP contribution in [-0.4, -0.2) is 20.4 Å². The Morgan fingerprint density at radius 1 is 1.23 bits per heavy atom. The van der Waals surface area contributed by atoms with Gasteiger partial charge in [-0.25, -0.2) is 0 Å². The van der Waals surface area contributed by atoms with E-state index in [4.69, 9.17) is 11.6 Å². The highest BCUT2D eigenvalue weighted by Gasteiger charge is 2.04. The molecule has 0 bridgehead atoms. The second-order valence-electron chi connectivity index (χ2n) is 2.41. The van der Waals surface area contributed by atoms with Gasteiger partial charge in [0.15, 0.2) is 5.82 Å². The number of aryl methyl sites for hydroxylation is 1. The van der Waals surface area contributed by atoms with Gasteiger partial charge in [0.05, 0.1) is 4.34 Å². The number of rotatable bonds is 1. The van der Waals surface area contributed by atoms with E-state index in [-0.39, 0.29) is 0 Å². The quantitative estimate of drug-likeness (QED) is 0.725. The summed E-state index contributed by atoms with van der Waals surface area (Å²) in [6, 6.07) is 1.79. The van der Waals surface area contributed by atoms with Gasteiger partial charge < -0.3 is 0 Å². The summed E-state index contributed by atoms with van der Waals surface area (Å²) in [5.41, 5.74) is 0.856. The first-order valence-electron chi connectivity index (χ1n) is 3.54. The highest BCUT2D eigenvalue weighted by Crippen LogP contribution is 2.25. The molecule has 4 nitrogen and oxygen atoms in total. The molecule has 66 valence electrons. The molecule has 0 radical (unpaired) electrons. The molecule has 2 rings (SSSR count). The van der Waals surface area contributed by atoms with Crippen LogP contribution in [-0.2, 0) is 0 Å². The van der Waals surface area contributed by atoms with E-state index in [0.717, 1.165) is 5.56 Å². The van der Waals surface area contributed by atoms with Crippen molar-refractivity contribution in [1.29, 1.82) is 0 Å². The zero-order valence-electron chi connectivity index (χ0n) is 6.73. The zero-order chi connectivity index (χ0) is 9.26. The number of hydrogen-bond acceptors (Lipinski definition) is 5. The van der Waals surface area contributed by atoms with Gasteiger partial charge in [0, 0.05) is 10.9 Å². The minimum Gasteiger partial charge on any atom is -0.131 e. The van der Waals surface area contributed by atoms with Gasteiger partial charge in [0.25, 0.3) is 0 Å². The van der Waals surface area contributed by atoms with Gasteiger partial charge in [0.2, 0.25) is 5.82 Å². The van der Waals surface area contributed by atoms with E-state index in [1.54, 1.807) is 13.0 Å². The Kier molecular flexibility index (Phi) is 2.20. The Hall–Kier alpha value is -1.07. The molecule has 0 fully saturated rings. The smallest absolute Gasteiger partial charge is 0.131 e. The minimum atomic E-state index is 0.508. The average Bonchev–Trinajstić information content (AvgIpc) is 2.53. The fraction of sp³-hybridized carbons (Fsp3) is 0.143. The first-order valence-corrected chi connectivity index (χ1v) is 4.80. The van der Waals surface area contributed by atoms with Crippen LogP contribution < -0.4 is 0 Å². The summed E-state index contributed by atoms with van der Waals surface area (Å²) in [7, 11) is 0. The monoisotopic (exact) mass is 212 g/mol. The fourth-order valence-electron chi connectivity index (χ4n) is 0.822. The first-order chi connectivity index (χ1) is 6.25. The summed E-state index contributed by atoms with van der Waals surface area (Å²) in [6.07, 6.45) is 0. The van der Waals surface area contributed by atoms with Gasteiger partial charge in [-0.1, -0.05) is 11.6 Å². The van der Waals surface area contributed by atoms with Crippen LogP contribution in [0, 0.1) is 6.92 Å². The third-order valence-electron chi connectivity index (χ3n) is 1.40. The Morgan fingerprint density at radius 3 is 2.46 bits per heavy atom. The molecule has 13 heavy (non-hydrogen) atoms. The summed E-state index contributed by atoms with van der Waals surface area (Å²) in [6.45, 7) is 1.74. The lowest BCUT2D eigenvalue weighted by Crippen LogP contribution is -1.97. The number of halogens is 1. The highest BCUT2D eigenvalue weighted by atomic mass is 35.5. The summed E-state index contributed by atoms with van der Waals surface area (Å²) in [5, 5.41) is 17.2. The molecule has 0 saturated heterocycles. The molecule has 2 heterocycles. The molecule has 0 spiro atoms. The zero-order valence-corrected chi connectivity index (χ0v) is 8.30. The molecule has 0 N–H and O–H groups in total. The maximum atomic E-state index is 5.76. The first kappa shape index (κ1) is 8.52. The molecule has 0 atom stereocenters. The van der Waals surface area contributed by atoms with Gasteiger partial charge in [-0.2, -0.15) is 0 Å². The standard InChI is InChI=1S/C7H5ClN4S/c1-4-9-11-7(12-10-4)5-2-6(8)13-3-5/h2-3H,1H3. The molecule has 0 aliphatic rings. The van der Waals surface area contributed by atoms with E-state index in [9.17, 15) is 0 Å². The van der Waals surface area contributed by atoms with Crippen LogP contribution in [0.4, 0.5) is 0 Å². The number of aromatic nitrogens is 4. The molecule has 2 aromatic heterocycles. The summed E-state index contributed by atoms with van der Waals surface area (Å²) >= 11 is 7.20. The SMILES string of the molecule is Cc1nnc(-c2csc(Cl)c2)nn1. The van der Waals surface area contributed by atoms with Crippen LogP contribution in [0.25, 0.3) is 11.4 Å². The largest absolute Gasteiger partial charge is 0.204 e. The average molecular weight is 213 g/mol. The second kappa shape index (κ2) is 3.35. The predicted molar refractivity (Wildman–Crippen MR) is 50.7 cm³/mol. The summed E-state index contributed by atoms with van der Waals surface area (Å²) in [4.78, 5) is 0. The lowest BCUT2D eigenvalue weighted by Gasteiger charge is -1.92. The van der Waals surface area contributed by atoms with Gasteiger partial charge in [-0.3, -0.25) is 0 Å². The van der Waals surface area contributed by atoms with Crippen molar-refractivity contribution in [3.05, 3.63) is 21.6 Å². The van der Waals surface area contributed by atoms with E-state index in [2.05, 4.69) is 20.4 Å². The summed E-state index contributed by atoms with van der Waals surface area (Å²) in [5.74, 6) is 1.07. The van der Waals surface area contributed by atoms with E-state index < -0.39 is 0 Å². The third kappa shape index (κ3) is 1.81. The molecule has 0 amide bonds. The van der Waals surface area contributed by atoms with Crippen molar-refractivity contribution in [1.82, 2.24) is 20.4 Å². The van der Waals surface area contributed by atoms with Crippen molar-refractivity contribution in [2.45, 2.75) is 6.92 Å². The molecular weight excluding hydrogens is 208 g/mol. The van der Waals surface area contributed by atoms with Crippen molar-refractivity contribution in [2.75, 3.05) is 0 Å². The van der Waals surface area contributed by atoms with E-state index in [0.29, 0.717) is 16.0 Å². The Morgan fingerprint density at radius 2 is 1.92 bits per heavy atom. The van der Waals surface area contributed by atoms with Crippen molar-refractivity contribution < 1.29 is 0 Å². The molecule has 0 aliphatic heterocycles. The lowest BCUT2D eigenvalue weighted by molar-refractivity contribution is 0.816. The number of hydrogen-bond donors (Lipinski definition) is 0. The molecule has 6 heteroatoms. The van der Waals surface area contributed by atoms with Crippen LogP contribution in [0.15, 0.2) is 11.4 Å². The van der Waals surface area contributed by atoms with Crippen LogP contribution >= 0.6 is 22.9 Å². The van der Waals surface area contributed by atoms with Gasteiger partial charge in [0.1, 0.15) is 0 Å². The van der Waals surface area contributed by atoms with E-state index in [1.807, 2.05) is 5.38 Å². The van der Waals surface area contributed by atoms with Crippen molar-refractivity contribution in [2.24, 2.45) is 0 Å². The molecular formula is C7H5ClN4S. The van der Waals surface area contributed by atoms with Crippen LogP contribution in [0.2, 0.25) is 4.34 Å². The molecule has 2 aromatic rings. The second-order valence-corrected chi connectivity index (χ2v) is 3.95. The molecule has 0 saturated carbocycles. The predicted octanol–water partition coefficient (Wildman–Crippen LogP) is 1.96. The lowest BCUT2D eigenvalue weighted by atomic mass is 10.3. The third-order valence-corrected chi connectivity index (χ3v) is 2.50. The Labute approximate surface area is 83.6 Å². The van der Waals surface area contributed by atoms with Gasteiger partial charge in [-0.05, 0) is 13.0 Å². The molecule has 0 unspecified atom stereocenters. The maximum Gasteiger partial charge on any atom is 0.204 e. The molecule has 0 aromatic carbocycles. The van der Waals surface area contributed by atoms with E-state index >= 15 is 0 Å². The fourth-order valence-corrected chi connectivity index (χ4v) is 1.68. The normalized spacial score (nSPS) is 10.3. The summed E-state index contributed by atoms with van der Waals surface area (Å²) < 4.78 is 0.708. The minimum absolute atomic E-state index is 0.508. The van der Waals surface area contributed by atoms with Crippen LogP contribution in [0.3, 0.4) is 0 Å². The van der Waals surface area contributed by atoms with Gasteiger partial charge in [-0.15, -0.1) is 31.7 Å². The van der Waals surface area contributed by atoms with E-state index in [1.165, 1.54) is 11.3 Å². The van der Waals surface area contributed by atoms with Gasteiger partial charge >= 0.3 is 0 Å². The van der Waals surface area contributed by atoms with Crippen LogP contribution in [0.5, 0.6) is 0 Å². The van der Waals surface area contributed by atoms with Crippen molar-refractivity contribution >= 4 is 22.9 Å². The Bertz CT molecular complexity index is 411. The number of thiophene rings is 1. The number of nitrogens with zero attached hydrogens (tertiary/aromatic N) is 4. The van der Waals surface area contributed by atoms with Crippen molar-refractivity contribution in [3.8, 4) is 11.4 Å².